The Hall–Kier alpha value is -2.28. The van der Waals surface area contributed by atoms with E-state index in [0.29, 0.717) is 10.8 Å². The van der Waals surface area contributed by atoms with Gasteiger partial charge in [0, 0.05) is 28.9 Å². The zero-order valence-corrected chi connectivity index (χ0v) is 13.4. The Balaban J connectivity index is 1.90. The molecule has 7 heteroatoms. The van der Waals surface area contributed by atoms with Gasteiger partial charge in [-0.2, -0.15) is 0 Å². The van der Waals surface area contributed by atoms with Crippen LogP contribution in [0.2, 0.25) is 0 Å². The number of aromatic nitrogens is 2. The zero-order chi connectivity index (χ0) is 17.3. The van der Waals surface area contributed by atoms with E-state index >= 15 is 0 Å². The van der Waals surface area contributed by atoms with Crippen LogP contribution in [-0.2, 0) is 5.75 Å². The number of imidazole rings is 1. The summed E-state index contributed by atoms with van der Waals surface area (Å²) in [6.45, 7) is 1.81. The van der Waals surface area contributed by atoms with E-state index in [2.05, 4.69) is 4.98 Å². The summed E-state index contributed by atoms with van der Waals surface area (Å²) in [5.74, 6) is -3.58. The first-order valence-electron chi connectivity index (χ1n) is 7.03. The van der Waals surface area contributed by atoms with Crippen molar-refractivity contribution in [3.63, 3.8) is 0 Å². The van der Waals surface area contributed by atoms with Crippen molar-refractivity contribution in [1.29, 1.82) is 0 Å². The maximum absolute atomic E-state index is 13.7. The van der Waals surface area contributed by atoms with Gasteiger partial charge < -0.3 is 0 Å². The molecular weight excluding hydrogens is 340 g/mol. The molecule has 2 nitrogen and oxygen atoms in total. The Labute approximate surface area is 140 Å². The third-order valence-electron chi connectivity index (χ3n) is 3.48. The first-order chi connectivity index (χ1) is 11.5. The maximum atomic E-state index is 13.7. The standard InChI is InChI=1S/C17H12F4N2S/c1-10-8-22-17(23(10)12-4-2-11(18)3-5-12)24-9-13-14(19)6-7-15(20)16(13)21/h2-8H,9H2,1H3. The lowest BCUT2D eigenvalue weighted by molar-refractivity contribution is 0.485. The smallest absolute Gasteiger partial charge is 0.173 e. The summed E-state index contributed by atoms with van der Waals surface area (Å²) in [5, 5.41) is 0.474. The predicted molar refractivity (Wildman–Crippen MR) is 84.1 cm³/mol. The van der Waals surface area contributed by atoms with E-state index in [1.807, 2.05) is 6.92 Å². The molecule has 0 aliphatic carbocycles. The zero-order valence-electron chi connectivity index (χ0n) is 12.6. The second kappa shape index (κ2) is 6.68. The van der Waals surface area contributed by atoms with E-state index in [4.69, 9.17) is 0 Å². The summed E-state index contributed by atoms with van der Waals surface area (Å²) < 4.78 is 55.5. The fourth-order valence-corrected chi connectivity index (χ4v) is 3.30. The summed E-state index contributed by atoms with van der Waals surface area (Å²) in [6.07, 6.45) is 1.60. The first kappa shape index (κ1) is 16.6. The molecule has 0 amide bonds. The minimum Gasteiger partial charge on any atom is -0.292 e. The number of thioether (sulfide) groups is 1. The highest BCUT2D eigenvalue weighted by molar-refractivity contribution is 7.98. The van der Waals surface area contributed by atoms with Crippen molar-refractivity contribution in [1.82, 2.24) is 9.55 Å². The fraction of sp³-hybridized carbons (Fsp3) is 0.118. The number of hydrogen-bond acceptors (Lipinski definition) is 2. The highest BCUT2D eigenvalue weighted by Crippen LogP contribution is 2.28. The molecule has 0 fully saturated rings. The topological polar surface area (TPSA) is 17.8 Å². The van der Waals surface area contributed by atoms with Crippen LogP contribution in [0.1, 0.15) is 11.3 Å². The molecule has 3 rings (SSSR count). The molecule has 124 valence electrons. The number of rotatable bonds is 4. The van der Waals surface area contributed by atoms with Crippen LogP contribution in [0.15, 0.2) is 47.8 Å². The van der Waals surface area contributed by atoms with Crippen molar-refractivity contribution < 1.29 is 17.6 Å². The molecule has 0 aliphatic rings. The van der Waals surface area contributed by atoms with Crippen LogP contribution in [0, 0.1) is 30.2 Å². The second-order valence-electron chi connectivity index (χ2n) is 5.10. The van der Waals surface area contributed by atoms with Gasteiger partial charge in [-0.3, -0.25) is 4.57 Å². The van der Waals surface area contributed by atoms with Gasteiger partial charge in [-0.1, -0.05) is 11.8 Å². The Bertz CT molecular complexity index is 875. The number of benzene rings is 2. The minimum absolute atomic E-state index is 0.118. The normalized spacial score (nSPS) is 11.0. The van der Waals surface area contributed by atoms with Crippen molar-refractivity contribution in [3.8, 4) is 5.69 Å². The SMILES string of the molecule is Cc1cnc(SCc2c(F)ccc(F)c2F)n1-c1ccc(F)cc1. The molecule has 0 radical (unpaired) electrons. The molecule has 0 spiro atoms. The molecule has 0 unspecified atom stereocenters. The monoisotopic (exact) mass is 352 g/mol. The van der Waals surface area contributed by atoms with Crippen LogP contribution in [0.5, 0.6) is 0 Å². The third-order valence-corrected chi connectivity index (χ3v) is 4.45. The molecule has 0 N–H and O–H groups in total. The van der Waals surface area contributed by atoms with Crippen molar-refractivity contribution in [2.24, 2.45) is 0 Å². The lowest BCUT2D eigenvalue weighted by Crippen LogP contribution is -2.01. The highest BCUT2D eigenvalue weighted by atomic mass is 32.2. The van der Waals surface area contributed by atoms with Crippen LogP contribution in [0.25, 0.3) is 5.69 Å². The Morgan fingerprint density at radius 2 is 1.62 bits per heavy atom. The lowest BCUT2D eigenvalue weighted by Gasteiger charge is -2.10. The van der Waals surface area contributed by atoms with Crippen molar-refractivity contribution in [3.05, 3.63) is 77.1 Å². The van der Waals surface area contributed by atoms with E-state index in [9.17, 15) is 17.6 Å². The Morgan fingerprint density at radius 3 is 2.33 bits per heavy atom. The fourth-order valence-electron chi connectivity index (χ4n) is 2.26. The third kappa shape index (κ3) is 3.17. The molecule has 0 aliphatic heterocycles. The van der Waals surface area contributed by atoms with Crippen molar-refractivity contribution >= 4 is 11.8 Å². The van der Waals surface area contributed by atoms with Gasteiger partial charge in [-0.25, -0.2) is 22.5 Å². The summed E-state index contributed by atoms with van der Waals surface area (Å²) in [5.41, 5.74) is 1.12. The molecule has 1 aromatic heterocycles. The number of halogens is 4. The highest BCUT2D eigenvalue weighted by Gasteiger charge is 2.16. The molecule has 0 bridgehead atoms. The van der Waals surface area contributed by atoms with Crippen LogP contribution >= 0.6 is 11.8 Å². The molecule has 0 saturated heterocycles. The molecule has 24 heavy (non-hydrogen) atoms. The average molecular weight is 352 g/mol. The van der Waals surface area contributed by atoms with Gasteiger partial charge in [0.25, 0.3) is 0 Å². The van der Waals surface area contributed by atoms with Gasteiger partial charge in [-0.05, 0) is 43.3 Å². The number of hydrogen-bond donors (Lipinski definition) is 0. The van der Waals surface area contributed by atoms with E-state index in [0.717, 1.165) is 29.6 Å². The minimum atomic E-state index is -1.20. The van der Waals surface area contributed by atoms with E-state index in [1.54, 1.807) is 22.9 Å². The average Bonchev–Trinajstić information content (AvgIpc) is 2.93. The van der Waals surface area contributed by atoms with E-state index in [1.165, 1.54) is 12.1 Å². The number of nitrogens with zero attached hydrogens (tertiary/aromatic N) is 2. The van der Waals surface area contributed by atoms with Crippen molar-refractivity contribution in [2.75, 3.05) is 0 Å². The van der Waals surface area contributed by atoms with Gasteiger partial charge >= 0.3 is 0 Å². The van der Waals surface area contributed by atoms with Crippen LogP contribution < -0.4 is 0 Å². The summed E-state index contributed by atoms with van der Waals surface area (Å²) in [4.78, 5) is 4.20. The Kier molecular flexibility index (Phi) is 4.62. The largest absolute Gasteiger partial charge is 0.292 e. The summed E-state index contributed by atoms with van der Waals surface area (Å²) in [7, 11) is 0. The number of aryl methyl sites for hydroxylation is 1. The summed E-state index contributed by atoms with van der Waals surface area (Å²) in [6, 6.07) is 7.44. The van der Waals surface area contributed by atoms with E-state index < -0.39 is 17.5 Å². The molecule has 3 aromatic rings. The van der Waals surface area contributed by atoms with Gasteiger partial charge in [0.2, 0.25) is 0 Å². The van der Waals surface area contributed by atoms with Crippen LogP contribution in [0.4, 0.5) is 17.6 Å². The second-order valence-corrected chi connectivity index (χ2v) is 6.05. The van der Waals surface area contributed by atoms with Crippen LogP contribution in [-0.4, -0.2) is 9.55 Å². The van der Waals surface area contributed by atoms with Gasteiger partial charge in [0.15, 0.2) is 16.8 Å². The van der Waals surface area contributed by atoms with Crippen molar-refractivity contribution in [2.45, 2.75) is 17.8 Å². The summed E-state index contributed by atoms with van der Waals surface area (Å²) >= 11 is 1.07. The Morgan fingerprint density at radius 1 is 0.958 bits per heavy atom. The van der Waals surface area contributed by atoms with Gasteiger partial charge in [0.05, 0.1) is 0 Å². The molecule has 0 atom stereocenters. The van der Waals surface area contributed by atoms with Crippen LogP contribution in [0.3, 0.4) is 0 Å². The predicted octanol–water partition coefficient (Wildman–Crippen LogP) is 5.03. The molecule has 2 aromatic carbocycles. The molecule has 0 saturated carbocycles. The lowest BCUT2D eigenvalue weighted by atomic mass is 10.2. The molecular formula is C17H12F4N2S. The molecule has 1 heterocycles. The maximum Gasteiger partial charge on any atom is 0.173 e. The van der Waals surface area contributed by atoms with Gasteiger partial charge in [0.1, 0.15) is 11.6 Å². The van der Waals surface area contributed by atoms with E-state index in [-0.39, 0.29) is 17.1 Å². The quantitative estimate of drug-likeness (QED) is 0.372. The van der Waals surface area contributed by atoms with Gasteiger partial charge in [-0.15, -0.1) is 0 Å². The first-order valence-corrected chi connectivity index (χ1v) is 8.01.